The van der Waals surface area contributed by atoms with Gasteiger partial charge in [0.25, 0.3) is 0 Å². The number of nitrogens with one attached hydrogen (secondary N) is 1. The van der Waals surface area contributed by atoms with Crippen molar-refractivity contribution < 1.29 is 9.47 Å². The van der Waals surface area contributed by atoms with Gasteiger partial charge in [0, 0.05) is 25.4 Å². The maximum absolute atomic E-state index is 6.04. The zero-order chi connectivity index (χ0) is 14.4. The van der Waals surface area contributed by atoms with Crippen molar-refractivity contribution in [1.82, 2.24) is 0 Å². The highest BCUT2D eigenvalue weighted by atomic mass is 35.5. The highest BCUT2D eigenvalue weighted by Gasteiger charge is 2.14. The largest absolute Gasteiger partial charge is 0.495 e. The number of nitrogens with two attached hydrogens (primary N) is 1. The number of methoxy groups -OCH3 is 1. The minimum atomic E-state index is 0.394. The lowest BCUT2D eigenvalue weighted by molar-refractivity contribution is 0.184. The molecule has 1 aromatic rings. The van der Waals surface area contributed by atoms with Crippen LogP contribution in [0.4, 0.5) is 5.69 Å². The Morgan fingerprint density at radius 3 is 3.10 bits per heavy atom. The van der Waals surface area contributed by atoms with Crippen molar-refractivity contribution in [3.63, 3.8) is 0 Å². The number of anilines is 1. The molecule has 1 saturated heterocycles. The molecule has 0 spiro atoms. The standard InChI is InChI=1S/C14H20ClN3O2/c1-19-13-3-2-11(8-12(13)15)18-14(16)17-6-4-10-5-7-20-9-10/h2-3,8,10H,4-7,9H2,1H3,(H3,16,17,18). The van der Waals surface area contributed by atoms with Crippen LogP contribution >= 0.6 is 11.6 Å². The van der Waals surface area contributed by atoms with Crippen LogP contribution < -0.4 is 15.8 Å². The molecule has 0 amide bonds. The molecular weight excluding hydrogens is 278 g/mol. The Balaban J connectivity index is 1.83. The van der Waals surface area contributed by atoms with Crippen molar-refractivity contribution in [3.8, 4) is 5.75 Å². The van der Waals surface area contributed by atoms with E-state index in [0.717, 1.165) is 31.7 Å². The van der Waals surface area contributed by atoms with Crippen LogP contribution in [0.3, 0.4) is 0 Å². The number of guanidine groups is 1. The second-order valence-corrected chi connectivity index (χ2v) is 5.17. The van der Waals surface area contributed by atoms with E-state index in [1.165, 1.54) is 0 Å². The van der Waals surface area contributed by atoms with Gasteiger partial charge in [-0.3, -0.25) is 4.99 Å². The predicted octanol–water partition coefficient (Wildman–Crippen LogP) is 2.50. The maximum atomic E-state index is 6.04. The van der Waals surface area contributed by atoms with Gasteiger partial charge in [-0.25, -0.2) is 0 Å². The maximum Gasteiger partial charge on any atom is 0.193 e. The van der Waals surface area contributed by atoms with Crippen molar-refractivity contribution in [3.05, 3.63) is 23.2 Å². The summed E-state index contributed by atoms with van der Waals surface area (Å²) < 4.78 is 10.4. The zero-order valence-corrected chi connectivity index (χ0v) is 12.3. The number of hydrogen-bond donors (Lipinski definition) is 2. The SMILES string of the molecule is COc1ccc(NC(N)=NCCC2CCOC2)cc1Cl. The van der Waals surface area contributed by atoms with Crippen LogP contribution in [-0.2, 0) is 4.74 Å². The first-order valence-electron chi connectivity index (χ1n) is 6.67. The van der Waals surface area contributed by atoms with E-state index in [2.05, 4.69) is 10.3 Å². The summed E-state index contributed by atoms with van der Waals surface area (Å²) in [6.45, 7) is 2.42. The lowest BCUT2D eigenvalue weighted by Crippen LogP contribution is -2.23. The fourth-order valence-corrected chi connectivity index (χ4v) is 2.37. The van der Waals surface area contributed by atoms with Gasteiger partial charge in [0.1, 0.15) is 5.75 Å². The van der Waals surface area contributed by atoms with Gasteiger partial charge in [0.2, 0.25) is 0 Å². The first kappa shape index (κ1) is 14.9. The third-order valence-corrected chi connectivity index (χ3v) is 3.56. The molecule has 110 valence electrons. The number of benzene rings is 1. The quantitative estimate of drug-likeness (QED) is 0.647. The van der Waals surface area contributed by atoms with Crippen LogP contribution in [0.1, 0.15) is 12.8 Å². The average molecular weight is 298 g/mol. The highest BCUT2D eigenvalue weighted by molar-refractivity contribution is 6.32. The van der Waals surface area contributed by atoms with E-state index in [1.54, 1.807) is 19.2 Å². The van der Waals surface area contributed by atoms with Gasteiger partial charge in [0.05, 0.1) is 12.1 Å². The normalized spacial score (nSPS) is 19.1. The molecule has 1 heterocycles. The number of hydrogen-bond acceptors (Lipinski definition) is 3. The fraction of sp³-hybridized carbons (Fsp3) is 0.500. The number of rotatable bonds is 5. The molecule has 5 nitrogen and oxygen atoms in total. The molecule has 0 bridgehead atoms. The van der Waals surface area contributed by atoms with E-state index in [9.17, 15) is 0 Å². The Kier molecular flexibility index (Phi) is 5.49. The Morgan fingerprint density at radius 1 is 1.60 bits per heavy atom. The molecule has 2 rings (SSSR count). The first-order chi connectivity index (χ1) is 9.69. The van der Waals surface area contributed by atoms with Gasteiger partial charge in [0.15, 0.2) is 5.96 Å². The summed E-state index contributed by atoms with van der Waals surface area (Å²) in [6, 6.07) is 5.39. The van der Waals surface area contributed by atoms with Gasteiger partial charge in [-0.15, -0.1) is 0 Å². The van der Waals surface area contributed by atoms with Crippen LogP contribution in [0.5, 0.6) is 5.75 Å². The molecule has 1 fully saturated rings. The van der Waals surface area contributed by atoms with E-state index >= 15 is 0 Å². The molecule has 3 N–H and O–H groups in total. The molecule has 1 aromatic carbocycles. The molecule has 1 aliphatic heterocycles. The third kappa shape index (κ3) is 4.28. The van der Waals surface area contributed by atoms with Gasteiger partial charge < -0.3 is 20.5 Å². The monoisotopic (exact) mass is 297 g/mol. The average Bonchev–Trinajstić information content (AvgIpc) is 2.92. The Bertz CT molecular complexity index is 473. The van der Waals surface area contributed by atoms with E-state index < -0.39 is 0 Å². The molecule has 0 radical (unpaired) electrons. The van der Waals surface area contributed by atoms with E-state index in [1.807, 2.05) is 6.07 Å². The van der Waals surface area contributed by atoms with Crippen molar-refractivity contribution in [2.45, 2.75) is 12.8 Å². The molecule has 1 unspecified atom stereocenters. The Hall–Kier alpha value is -1.46. The van der Waals surface area contributed by atoms with E-state index in [-0.39, 0.29) is 0 Å². The number of ether oxygens (including phenoxy) is 2. The molecule has 6 heteroatoms. The summed E-state index contributed by atoms with van der Waals surface area (Å²) in [5.41, 5.74) is 6.64. The highest BCUT2D eigenvalue weighted by Crippen LogP contribution is 2.27. The van der Waals surface area contributed by atoms with Crippen molar-refractivity contribution in [1.29, 1.82) is 0 Å². The van der Waals surface area contributed by atoms with Crippen molar-refractivity contribution in [2.75, 3.05) is 32.2 Å². The summed E-state index contributed by atoms with van der Waals surface area (Å²) in [7, 11) is 1.58. The van der Waals surface area contributed by atoms with Crippen molar-refractivity contribution in [2.24, 2.45) is 16.6 Å². The van der Waals surface area contributed by atoms with Gasteiger partial charge in [-0.2, -0.15) is 0 Å². The Labute approximate surface area is 124 Å². The molecule has 1 atom stereocenters. The van der Waals surface area contributed by atoms with E-state index in [4.69, 9.17) is 26.8 Å². The second kappa shape index (κ2) is 7.36. The molecule has 20 heavy (non-hydrogen) atoms. The summed E-state index contributed by atoms with van der Waals surface area (Å²) in [5, 5.41) is 3.55. The number of halogens is 1. The number of aliphatic imine (C=N–C) groups is 1. The van der Waals surface area contributed by atoms with E-state index in [0.29, 0.717) is 29.2 Å². The van der Waals surface area contributed by atoms with Gasteiger partial charge in [-0.1, -0.05) is 11.6 Å². The molecule has 0 aromatic heterocycles. The molecule has 1 aliphatic rings. The molecule has 0 saturated carbocycles. The van der Waals surface area contributed by atoms with Crippen LogP contribution in [0.25, 0.3) is 0 Å². The summed E-state index contributed by atoms with van der Waals surface area (Å²) >= 11 is 6.04. The fourth-order valence-electron chi connectivity index (χ4n) is 2.11. The smallest absolute Gasteiger partial charge is 0.193 e. The lowest BCUT2D eigenvalue weighted by atomic mass is 10.1. The van der Waals surface area contributed by atoms with Crippen LogP contribution in [0.2, 0.25) is 5.02 Å². The Morgan fingerprint density at radius 2 is 2.45 bits per heavy atom. The van der Waals surface area contributed by atoms with Gasteiger partial charge in [-0.05, 0) is 37.0 Å². The summed E-state index contributed by atoms with van der Waals surface area (Å²) in [6.07, 6.45) is 2.13. The molecule has 0 aliphatic carbocycles. The van der Waals surface area contributed by atoms with Gasteiger partial charge >= 0.3 is 0 Å². The minimum absolute atomic E-state index is 0.394. The predicted molar refractivity (Wildman–Crippen MR) is 81.7 cm³/mol. The third-order valence-electron chi connectivity index (χ3n) is 3.27. The van der Waals surface area contributed by atoms with Crippen LogP contribution in [-0.4, -0.2) is 32.8 Å². The molecular formula is C14H20ClN3O2. The lowest BCUT2D eigenvalue weighted by Gasteiger charge is -2.09. The van der Waals surface area contributed by atoms with Crippen LogP contribution in [0.15, 0.2) is 23.2 Å². The second-order valence-electron chi connectivity index (χ2n) is 4.76. The van der Waals surface area contributed by atoms with Crippen LogP contribution in [0, 0.1) is 5.92 Å². The number of nitrogens with zero attached hydrogens (tertiary/aromatic N) is 1. The first-order valence-corrected chi connectivity index (χ1v) is 7.05. The van der Waals surface area contributed by atoms with Crippen molar-refractivity contribution >= 4 is 23.2 Å². The summed E-state index contributed by atoms with van der Waals surface area (Å²) in [4.78, 5) is 4.31. The zero-order valence-electron chi connectivity index (χ0n) is 11.6. The minimum Gasteiger partial charge on any atom is -0.495 e. The summed E-state index contributed by atoms with van der Waals surface area (Å²) in [5.74, 6) is 1.64. The topological polar surface area (TPSA) is 68.9 Å².